The highest BCUT2D eigenvalue weighted by Gasteiger charge is 2.38. The number of carbonyl (C=O) groups excluding carboxylic acids is 1. The molecule has 2 rings (SSSR count). The van der Waals surface area contributed by atoms with Gasteiger partial charge in [-0.25, -0.2) is 0 Å². The minimum absolute atomic E-state index is 0.314. The largest absolute Gasteiger partial charge is 0.497 e. The smallest absolute Gasteiger partial charge is 0.245 e. The van der Waals surface area contributed by atoms with Gasteiger partial charge in [-0.1, -0.05) is 0 Å². The van der Waals surface area contributed by atoms with Gasteiger partial charge in [0.15, 0.2) is 0 Å². The summed E-state index contributed by atoms with van der Waals surface area (Å²) in [4.78, 5) is 11.7. The lowest BCUT2D eigenvalue weighted by Crippen LogP contribution is -2.56. The molecule has 1 aromatic rings. The number of benzene rings is 1. The number of anilines is 1. The lowest BCUT2D eigenvalue weighted by molar-refractivity contribution is -0.126. The lowest BCUT2D eigenvalue weighted by atomic mass is 9.91. The first-order valence-electron chi connectivity index (χ1n) is 5.96. The van der Waals surface area contributed by atoms with Crippen molar-refractivity contribution in [3.8, 4) is 5.75 Å². The molecular weight excluding hydrogens is 232 g/mol. The third kappa shape index (κ3) is 2.56. The van der Waals surface area contributed by atoms with Crippen LogP contribution >= 0.6 is 0 Å². The van der Waals surface area contributed by atoms with Crippen LogP contribution < -0.4 is 15.8 Å². The number of hydrogen-bond acceptors (Lipinski definition) is 4. The Balaban J connectivity index is 2.15. The van der Waals surface area contributed by atoms with E-state index in [9.17, 15) is 4.79 Å². The van der Waals surface area contributed by atoms with Crippen LogP contribution in [0.3, 0.4) is 0 Å². The van der Waals surface area contributed by atoms with Crippen molar-refractivity contribution in [1.29, 1.82) is 0 Å². The Morgan fingerprint density at radius 1 is 1.44 bits per heavy atom. The molecule has 1 saturated heterocycles. The second-order valence-electron chi connectivity index (χ2n) is 4.46. The predicted molar refractivity (Wildman–Crippen MR) is 68.6 cm³/mol. The summed E-state index contributed by atoms with van der Waals surface area (Å²) in [5, 5.41) is 3.19. The number of amides is 1. The number of ether oxygens (including phenoxy) is 2. The van der Waals surface area contributed by atoms with Crippen molar-refractivity contribution in [2.45, 2.75) is 18.4 Å². The molecule has 0 radical (unpaired) electrons. The van der Waals surface area contributed by atoms with Crippen molar-refractivity contribution >= 4 is 11.6 Å². The molecule has 0 bridgehead atoms. The normalized spacial score (nSPS) is 23.4. The van der Waals surface area contributed by atoms with Gasteiger partial charge in [0.25, 0.3) is 0 Å². The van der Waals surface area contributed by atoms with E-state index in [0.29, 0.717) is 19.6 Å². The van der Waals surface area contributed by atoms with E-state index < -0.39 is 5.54 Å². The van der Waals surface area contributed by atoms with Gasteiger partial charge in [-0.15, -0.1) is 0 Å². The molecule has 1 heterocycles. The van der Waals surface area contributed by atoms with E-state index in [1.807, 2.05) is 24.3 Å². The molecule has 1 aliphatic heterocycles. The maximum atomic E-state index is 11.7. The molecule has 1 aromatic carbocycles. The summed E-state index contributed by atoms with van der Waals surface area (Å²) in [6.45, 7) is 0.994. The second-order valence-corrected chi connectivity index (χ2v) is 4.46. The molecule has 0 aliphatic carbocycles. The van der Waals surface area contributed by atoms with Crippen LogP contribution in [0.25, 0.3) is 0 Å². The van der Waals surface area contributed by atoms with Crippen molar-refractivity contribution < 1.29 is 14.3 Å². The Kier molecular flexibility index (Phi) is 3.72. The minimum Gasteiger partial charge on any atom is -0.497 e. The van der Waals surface area contributed by atoms with Gasteiger partial charge in [-0.3, -0.25) is 4.79 Å². The number of methoxy groups -OCH3 is 1. The fraction of sp³-hybridized carbons (Fsp3) is 0.462. The van der Waals surface area contributed by atoms with Crippen LogP contribution in [0.4, 0.5) is 5.69 Å². The number of nitrogens with two attached hydrogens (primary N) is 1. The van der Waals surface area contributed by atoms with Gasteiger partial charge >= 0.3 is 0 Å². The fourth-order valence-electron chi connectivity index (χ4n) is 2.10. The van der Waals surface area contributed by atoms with Gasteiger partial charge < -0.3 is 20.5 Å². The summed E-state index contributed by atoms with van der Waals surface area (Å²) < 4.78 is 10.5. The molecule has 1 aliphatic rings. The van der Waals surface area contributed by atoms with E-state index in [2.05, 4.69) is 5.32 Å². The summed E-state index contributed by atoms with van der Waals surface area (Å²) in [6, 6.07) is 7.39. The van der Waals surface area contributed by atoms with Gasteiger partial charge in [-0.2, -0.15) is 0 Å². The number of primary amides is 1. The van der Waals surface area contributed by atoms with Crippen LogP contribution in [0, 0.1) is 0 Å². The molecule has 3 N–H and O–H groups in total. The second kappa shape index (κ2) is 5.27. The van der Waals surface area contributed by atoms with Gasteiger partial charge in [0.05, 0.1) is 13.7 Å². The summed E-state index contributed by atoms with van der Waals surface area (Å²) in [6.07, 6.45) is 1.51. The van der Waals surface area contributed by atoms with Crippen LogP contribution in [0.2, 0.25) is 0 Å². The molecule has 98 valence electrons. The third-order valence-electron chi connectivity index (χ3n) is 3.19. The van der Waals surface area contributed by atoms with Crippen molar-refractivity contribution in [1.82, 2.24) is 0 Å². The van der Waals surface area contributed by atoms with E-state index in [0.717, 1.165) is 17.9 Å². The number of rotatable bonds is 4. The molecule has 0 saturated carbocycles. The first-order valence-corrected chi connectivity index (χ1v) is 5.96. The van der Waals surface area contributed by atoms with Gasteiger partial charge in [0.1, 0.15) is 11.3 Å². The van der Waals surface area contributed by atoms with E-state index in [1.54, 1.807) is 7.11 Å². The Morgan fingerprint density at radius 2 is 2.17 bits per heavy atom. The Hall–Kier alpha value is -1.75. The quantitative estimate of drug-likeness (QED) is 0.840. The number of nitrogens with one attached hydrogen (secondary N) is 1. The summed E-state index contributed by atoms with van der Waals surface area (Å²) in [5.41, 5.74) is 5.53. The van der Waals surface area contributed by atoms with Crippen LogP contribution in [0.15, 0.2) is 24.3 Å². The number of hydrogen-bond donors (Lipinski definition) is 2. The van der Waals surface area contributed by atoms with E-state index >= 15 is 0 Å². The SMILES string of the molecule is COc1ccc(NC2(C(N)=O)CCCOC2)cc1. The topological polar surface area (TPSA) is 73.6 Å². The van der Waals surface area contributed by atoms with Crippen molar-refractivity contribution in [2.24, 2.45) is 5.73 Å². The van der Waals surface area contributed by atoms with Gasteiger partial charge in [-0.05, 0) is 37.1 Å². The van der Waals surface area contributed by atoms with Crippen molar-refractivity contribution in [2.75, 3.05) is 25.6 Å². The Bertz CT molecular complexity index is 411. The average Bonchev–Trinajstić information content (AvgIpc) is 2.40. The van der Waals surface area contributed by atoms with Crippen molar-refractivity contribution in [3.63, 3.8) is 0 Å². The van der Waals surface area contributed by atoms with E-state index in [4.69, 9.17) is 15.2 Å². The standard InChI is InChI=1S/C13H18N2O3/c1-17-11-5-3-10(4-6-11)15-13(12(14)16)7-2-8-18-9-13/h3-6,15H,2,7-9H2,1H3,(H2,14,16). The molecule has 1 fully saturated rings. The summed E-state index contributed by atoms with van der Waals surface area (Å²) >= 11 is 0. The molecule has 1 atom stereocenters. The summed E-state index contributed by atoms with van der Waals surface area (Å²) in [5.74, 6) is 0.395. The van der Waals surface area contributed by atoms with Crippen LogP contribution in [-0.4, -0.2) is 31.8 Å². The first kappa shape index (κ1) is 12.7. The maximum Gasteiger partial charge on any atom is 0.245 e. The third-order valence-corrected chi connectivity index (χ3v) is 3.19. The maximum absolute atomic E-state index is 11.7. The lowest BCUT2D eigenvalue weighted by Gasteiger charge is -2.35. The Morgan fingerprint density at radius 3 is 2.67 bits per heavy atom. The molecular formula is C13H18N2O3. The van der Waals surface area contributed by atoms with Crippen LogP contribution in [-0.2, 0) is 9.53 Å². The molecule has 5 nitrogen and oxygen atoms in total. The number of carbonyl (C=O) groups is 1. The molecule has 1 amide bonds. The fourth-order valence-corrected chi connectivity index (χ4v) is 2.10. The van der Waals surface area contributed by atoms with Crippen LogP contribution in [0.5, 0.6) is 5.75 Å². The highest BCUT2D eigenvalue weighted by atomic mass is 16.5. The molecule has 1 unspecified atom stereocenters. The molecule has 0 aromatic heterocycles. The molecule has 5 heteroatoms. The zero-order valence-electron chi connectivity index (χ0n) is 10.4. The highest BCUT2D eigenvalue weighted by Crippen LogP contribution is 2.25. The van der Waals surface area contributed by atoms with E-state index in [-0.39, 0.29) is 5.91 Å². The first-order chi connectivity index (χ1) is 8.66. The zero-order chi connectivity index (χ0) is 13.0. The zero-order valence-corrected chi connectivity index (χ0v) is 10.4. The Labute approximate surface area is 106 Å². The monoisotopic (exact) mass is 250 g/mol. The predicted octanol–water partition coefficient (Wildman–Crippen LogP) is 1.14. The summed E-state index contributed by atoms with van der Waals surface area (Å²) in [7, 11) is 1.61. The molecule has 0 spiro atoms. The van der Waals surface area contributed by atoms with Gasteiger partial charge in [0.2, 0.25) is 5.91 Å². The van der Waals surface area contributed by atoms with E-state index in [1.165, 1.54) is 0 Å². The van der Waals surface area contributed by atoms with Crippen molar-refractivity contribution in [3.05, 3.63) is 24.3 Å². The molecule has 18 heavy (non-hydrogen) atoms. The average molecular weight is 250 g/mol. The van der Waals surface area contributed by atoms with Gasteiger partial charge in [0, 0.05) is 12.3 Å². The highest BCUT2D eigenvalue weighted by molar-refractivity contribution is 5.88. The van der Waals surface area contributed by atoms with Crippen LogP contribution in [0.1, 0.15) is 12.8 Å². The minimum atomic E-state index is -0.799.